The third-order valence-corrected chi connectivity index (χ3v) is 2.39. The Morgan fingerprint density at radius 2 is 2.13 bits per heavy atom. The number of aliphatic carboxylic acids is 1. The second-order valence-corrected chi connectivity index (χ2v) is 3.56. The number of rotatable bonds is 5. The normalized spacial score (nSPS) is 12.4. The van der Waals surface area contributed by atoms with E-state index in [0.29, 0.717) is 0 Å². The Bertz CT molecular complexity index is 336. The summed E-state index contributed by atoms with van der Waals surface area (Å²) >= 11 is 0. The first kappa shape index (κ1) is 11.7. The average molecular weight is 207 g/mol. The Kier molecular flexibility index (Phi) is 4.31. The molecule has 1 rings (SSSR count). The number of carboxylic acid groups (broad SMARTS) is 1. The number of hydrogen-bond acceptors (Lipinski definition) is 2. The number of carbonyl (C=O) groups is 1. The van der Waals surface area contributed by atoms with E-state index in [9.17, 15) is 4.79 Å². The van der Waals surface area contributed by atoms with Crippen LogP contribution in [0, 0.1) is 6.92 Å². The summed E-state index contributed by atoms with van der Waals surface area (Å²) in [5.41, 5.74) is 2.20. The van der Waals surface area contributed by atoms with Crippen molar-refractivity contribution in [2.45, 2.75) is 26.3 Å². The first-order valence-corrected chi connectivity index (χ1v) is 5.15. The van der Waals surface area contributed by atoms with Crippen molar-refractivity contribution < 1.29 is 9.90 Å². The van der Waals surface area contributed by atoms with E-state index in [2.05, 4.69) is 5.32 Å². The van der Waals surface area contributed by atoms with Crippen LogP contribution in [0.1, 0.15) is 30.5 Å². The van der Waals surface area contributed by atoms with Gasteiger partial charge in [0, 0.05) is 6.04 Å². The molecule has 1 atom stereocenters. The standard InChI is InChI=1S/C12H17NO2/c1-3-13-11(8-12(14)15)10-7-5-4-6-9(10)2/h4-7,11,13H,3,8H2,1-2H3,(H,14,15). The van der Waals surface area contributed by atoms with Crippen LogP contribution in [0.4, 0.5) is 0 Å². The Morgan fingerprint density at radius 1 is 1.47 bits per heavy atom. The first-order valence-electron chi connectivity index (χ1n) is 5.15. The van der Waals surface area contributed by atoms with Gasteiger partial charge in [-0.25, -0.2) is 0 Å². The molecule has 3 heteroatoms. The Hall–Kier alpha value is -1.35. The summed E-state index contributed by atoms with van der Waals surface area (Å²) in [4.78, 5) is 10.7. The Labute approximate surface area is 90.1 Å². The molecule has 82 valence electrons. The van der Waals surface area contributed by atoms with Crippen LogP contribution in [0.2, 0.25) is 0 Å². The summed E-state index contributed by atoms with van der Waals surface area (Å²) in [6.45, 7) is 4.75. The predicted octanol–water partition coefficient (Wildman–Crippen LogP) is 2.12. The number of hydrogen-bond donors (Lipinski definition) is 2. The van der Waals surface area contributed by atoms with Gasteiger partial charge in [-0.15, -0.1) is 0 Å². The summed E-state index contributed by atoms with van der Waals surface area (Å²) in [5.74, 6) is -0.774. The fourth-order valence-electron chi connectivity index (χ4n) is 1.69. The lowest BCUT2D eigenvalue weighted by atomic mass is 9.99. The van der Waals surface area contributed by atoms with Crippen LogP contribution in [0.5, 0.6) is 0 Å². The highest BCUT2D eigenvalue weighted by atomic mass is 16.4. The average Bonchev–Trinajstić information content (AvgIpc) is 2.17. The smallest absolute Gasteiger partial charge is 0.305 e. The summed E-state index contributed by atoms with van der Waals surface area (Å²) in [5, 5.41) is 12.0. The number of nitrogens with one attached hydrogen (secondary N) is 1. The topological polar surface area (TPSA) is 49.3 Å². The molecular formula is C12H17NO2. The van der Waals surface area contributed by atoms with E-state index in [-0.39, 0.29) is 12.5 Å². The van der Waals surface area contributed by atoms with Gasteiger partial charge in [-0.3, -0.25) is 4.79 Å². The molecule has 1 aromatic carbocycles. The summed E-state index contributed by atoms with van der Waals surface area (Å²) < 4.78 is 0. The van der Waals surface area contributed by atoms with E-state index in [4.69, 9.17) is 5.11 Å². The molecule has 1 unspecified atom stereocenters. The van der Waals surface area contributed by atoms with Crippen molar-refractivity contribution >= 4 is 5.97 Å². The molecule has 3 nitrogen and oxygen atoms in total. The molecule has 0 bridgehead atoms. The van der Waals surface area contributed by atoms with Crippen molar-refractivity contribution in [1.82, 2.24) is 5.32 Å². The molecule has 0 heterocycles. The van der Waals surface area contributed by atoms with Gasteiger partial charge in [-0.2, -0.15) is 0 Å². The van der Waals surface area contributed by atoms with Gasteiger partial charge in [-0.05, 0) is 24.6 Å². The van der Waals surface area contributed by atoms with E-state index in [1.165, 1.54) is 0 Å². The maximum absolute atomic E-state index is 10.7. The number of benzene rings is 1. The van der Waals surface area contributed by atoms with Crippen LogP contribution < -0.4 is 5.32 Å². The minimum absolute atomic E-state index is 0.0892. The number of carboxylic acids is 1. The molecule has 1 aromatic rings. The summed E-state index contributed by atoms with van der Waals surface area (Å²) in [6, 6.07) is 7.79. The van der Waals surface area contributed by atoms with Crippen LogP contribution in [0.3, 0.4) is 0 Å². The van der Waals surface area contributed by atoms with Crippen LogP contribution in [-0.2, 0) is 4.79 Å². The maximum Gasteiger partial charge on any atom is 0.305 e. The van der Waals surface area contributed by atoms with Crippen LogP contribution in [0.25, 0.3) is 0 Å². The van der Waals surface area contributed by atoms with Crippen molar-refractivity contribution in [2.24, 2.45) is 0 Å². The third kappa shape index (κ3) is 3.36. The van der Waals surface area contributed by atoms with Crippen molar-refractivity contribution in [3.63, 3.8) is 0 Å². The van der Waals surface area contributed by atoms with Crippen molar-refractivity contribution in [3.05, 3.63) is 35.4 Å². The van der Waals surface area contributed by atoms with E-state index < -0.39 is 5.97 Å². The van der Waals surface area contributed by atoms with Gasteiger partial charge in [0.2, 0.25) is 0 Å². The molecule has 0 saturated heterocycles. The Balaban J connectivity index is 2.88. The highest BCUT2D eigenvalue weighted by Gasteiger charge is 2.15. The lowest BCUT2D eigenvalue weighted by Gasteiger charge is -2.18. The Morgan fingerprint density at radius 3 is 2.67 bits per heavy atom. The minimum Gasteiger partial charge on any atom is -0.481 e. The highest BCUT2D eigenvalue weighted by Crippen LogP contribution is 2.20. The number of aryl methyl sites for hydroxylation is 1. The van der Waals surface area contributed by atoms with Gasteiger partial charge in [0.25, 0.3) is 0 Å². The fourth-order valence-corrected chi connectivity index (χ4v) is 1.69. The monoisotopic (exact) mass is 207 g/mol. The second kappa shape index (κ2) is 5.51. The van der Waals surface area contributed by atoms with Crippen LogP contribution >= 0.6 is 0 Å². The third-order valence-electron chi connectivity index (χ3n) is 2.39. The van der Waals surface area contributed by atoms with Gasteiger partial charge in [-0.1, -0.05) is 31.2 Å². The molecule has 0 fully saturated rings. The molecule has 0 saturated carbocycles. The van der Waals surface area contributed by atoms with E-state index >= 15 is 0 Å². The van der Waals surface area contributed by atoms with E-state index in [1.54, 1.807) is 0 Å². The van der Waals surface area contributed by atoms with Crippen LogP contribution in [-0.4, -0.2) is 17.6 Å². The zero-order valence-corrected chi connectivity index (χ0v) is 9.16. The molecule has 2 N–H and O–H groups in total. The zero-order chi connectivity index (χ0) is 11.3. The van der Waals surface area contributed by atoms with Gasteiger partial charge < -0.3 is 10.4 Å². The van der Waals surface area contributed by atoms with Gasteiger partial charge >= 0.3 is 5.97 Å². The van der Waals surface area contributed by atoms with E-state index in [0.717, 1.165) is 17.7 Å². The van der Waals surface area contributed by atoms with Gasteiger partial charge in [0.15, 0.2) is 0 Å². The highest BCUT2D eigenvalue weighted by molar-refractivity contribution is 5.68. The van der Waals surface area contributed by atoms with Gasteiger partial charge in [0.05, 0.1) is 6.42 Å². The van der Waals surface area contributed by atoms with Crippen LogP contribution in [0.15, 0.2) is 24.3 Å². The van der Waals surface area contributed by atoms with Crippen molar-refractivity contribution in [1.29, 1.82) is 0 Å². The zero-order valence-electron chi connectivity index (χ0n) is 9.16. The lowest BCUT2D eigenvalue weighted by Crippen LogP contribution is -2.24. The summed E-state index contributed by atoms with van der Waals surface area (Å²) in [7, 11) is 0. The molecule has 0 radical (unpaired) electrons. The molecule has 0 aliphatic rings. The molecule has 0 aliphatic heterocycles. The summed E-state index contributed by atoms with van der Waals surface area (Å²) in [6.07, 6.45) is 0.124. The van der Waals surface area contributed by atoms with Crippen molar-refractivity contribution in [2.75, 3.05) is 6.54 Å². The quantitative estimate of drug-likeness (QED) is 0.777. The minimum atomic E-state index is -0.774. The molecule has 15 heavy (non-hydrogen) atoms. The SMILES string of the molecule is CCNC(CC(=O)O)c1ccccc1C. The maximum atomic E-state index is 10.7. The van der Waals surface area contributed by atoms with Crippen molar-refractivity contribution in [3.8, 4) is 0 Å². The predicted molar refractivity (Wildman–Crippen MR) is 59.8 cm³/mol. The largest absolute Gasteiger partial charge is 0.481 e. The van der Waals surface area contributed by atoms with E-state index in [1.807, 2.05) is 38.1 Å². The first-order chi connectivity index (χ1) is 7.15. The molecular weight excluding hydrogens is 190 g/mol. The second-order valence-electron chi connectivity index (χ2n) is 3.56. The molecule has 0 aliphatic carbocycles. The molecule has 0 spiro atoms. The molecule has 0 aromatic heterocycles. The van der Waals surface area contributed by atoms with Gasteiger partial charge in [0.1, 0.15) is 0 Å². The molecule has 0 amide bonds. The fraction of sp³-hybridized carbons (Fsp3) is 0.417. The lowest BCUT2D eigenvalue weighted by molar-refractivity contribution is -0.137.